The average Bonchev–Trinajstić information content (AvgIpc) is 3.09. The summed E-state index contributed by atoms with van der Waals surface area (Å²) in [4.78, 5) is 13.7. The Morgan fingerprint density at radius 2 is 1.84 bits per heavy atom. The molecule has 1 aromatic heterocycles. The van der Waals surface area contributed by atoms with Crippen LogP contribution in [-0.2, 0) is 17.8 Å². The van der Waals surface area contributed by atoms with Gasteiger partial charge in [0.1, 0.15) is 12.4 Å². The lowest BCUT2D eigenvalue weighted by atomic mass is 9.87. The maximum absolute atomic E-state index is 12.1. The Morgan fingerprint density at radius 3 is 2.48 bits per heavy atom. The van der Waals surface area contributed by atoms with E-state index in [0.717, 1.165) is 11.3 Å². The molecule has 3 aromatic rings. The molecule has 0 fully saturated rings. The van der Waals surface area contributed by atoms with Crippen molar-refractivity contribution >= 4 is 17.7 Å². The van der Waals surface area contributed by atoms with Crippen molar-refractivity contribution in [2.24, 2.45) is 0 Å². The number of nitrogens with zero attached hydrogens (tertiary/aromatic N) is 4. The van der Waals surface area contributed by atoms with Crippen LogP contribution in [0.1, 0.15) is 48.1 Å². The summed E-state index contributed by atoms with van der Waals surface area (Å²) in [6, 6.07) is 15.6. The fourth-order valence-corrected chi connectivity index (χ4v) is 3.72. The third-order valence-electron chi connectivity index (χ3n) is 4.77. The van der Waals surface area contributed by atoms with Gasteiger partial charge in [0.15, 0.2) is 5.82 Å². The molecule has 3 rings (SSSR count). The number of ether oxygens (including phenoxy) is 1. The molecule has 8 heteroatoms. The predicted octanol–water partition coefficient (Wildman–Crippen LogP) is 3.86. The van der Waals surface area contributed by atoms with Crippen molar-refractivity contribution in [3.8, 4) is 5.75 Å². The van der Waals surface area contributed by atoms with Gasteiger partial charge in [-0.2, -0.15) is 0 Å². The minimum Gasteiger partial charge on any atom is -0.486 e. The number of carbonyl (C=O) groups excluding carboxylic acids is 1. The highest BCUT2D eigenvalue weighted by molar-refractivity contribution is 7.98. The molecule has 164 valence electrons. The molecule has 0 saturated heterocycles. The van der Waals surface area contributed by atoms with E-state index < -0.39 is 0 Å². The Labute approximate surface area is 187 Å². The second kappa shape index (κ2) is 9.43. The van der Waals surface area contributed by atoms with Crippen molar-refractivity contribution in [1.82, 2.24) is 19.8 Å². The Hall–Kier alpha value is -3.00. The van der Waals surface area contributed by atoms with Crippen LogP contribution >= 0.6 is 11.8 Å². The zero-order chi connectivity index (χ0) is 22.6. The van der Waals surface area contributed by atoms with E-state index in [0.29, 0.717) is 22.3 Å². The number of rotatable bonds is 7. The fourth-order valence-electron chi connectivity index (χ4n) is 2.90. The van der Waals surface area contributed by atoms with Crippen molar-refractivity contribution in [3.63, 3.8) is 0 Å². The minimum atomic E-state index is -0.0243. The number of hydrogen-bond acceptors (Lipinski definition) is 6. The van der Waals surface area contributed by atoms with Crippen LogP contribution in [0.5, 0.6) is 5.75 Å². The fraction of sp³-hybridized carbons (Fsp3) is 0.348. The first-order valence-corrected chi connectivity index (χ1v) is 11.0. The van der Waals surface area contributed by atoms with E-state index in [2.05, 4.69) is 43.1 Å². The zero-order valence-corrected chi connectivity index (χ0v) is 19.4. The predicted molar refractivity (Wildman–Crippen MR) is 124 cm³/mol. The SMILES string of the molecule is CN(C)C(=O)c1cccc(CSc2nnc(COc3ccc(C(C)(C)C)cc3)n2N)c1. The van der Waals surface area contributed by atoms with Crippen molar-refractivity contribution in [1.29, 1.82) is 0 Å². The van der Waals surface area contributed by atoms with Gasteiger partial charge in [0.25, 0.3) is 5.91 Å². The summed E-state index contributed by atoms with van der Waals surface area (Å²) in [5.41, 5.74) is 3.01. The number of nitrogen functional groups attached to an aromatic ring is 1. The van der Waals surface area contributed by atoms with Crippen LogP contribution in [0.2, 0.25) is 0 Å². The Kier molecular flexibility index (Phi) is 6.90. The third-order valence-corrected chi connectivity index (χ3v) is 5.79. The molecular weight excluding hydrogens is 410 g/mol. The highest BCUT2D eigenvalue weighted by atomic mass is 32.2. The smallest absolute Gasteiger partial charge is 0.253 e. The quantitative estimate of drug-likeness (QED) is 0.444. The largest absolute Gasteiger partial charge is 0.486 e. The molecule has 31 heavy (non-hydrogen) atoms. The van der Waals surface area contributed by atoms with Crippen molar-refractivity contribution in [3.05, 3.63) is 71.0 Å². The van der Waals surface area contributed by atoms with E-state index in [-0.39, 0.29) is 17.9 Å². The van der Waals surface area contributed by atoms with Gasteiger partial charge >= 0.3 is 0 Å². The molecule has 0 aliphatic heterocycles. The third kappa shape index (κ3) is 5.79. The van der Waals surface area contributed by atoms with Gasteiger partial charge in [0.2, 0.25) is 5.16 Å². The van der Waals surface area contributed by atoms with Crippen LogP contribution in [-0.4, -0.2) is 39.8 Å². The summed E-state index contributed by atoms with van der Waals surface area (Å²) in [5, 5.41) is 8.91. The van der Waals surface area contributed by atoms with Gasteiger partial charge < -0.3 is 15.5 Å². The van der Waals surface area contributed by atoms with Gasteiger partial charge in [-0.3, -0.25) is 4.79 Å². The molecule has 0 bridgehead atoms. The minimum absolute atomic E-state index is 0.0243. The summed E-state index contributed by atoms with van der Waals surface area (Å²) in [6.07, 6.45) is 0. The van der Waals surface area contributed by atoms with E-state index in [1.165, 1.54) is 22.0 Å². The Morgan fingerprint density at radius 1 is 1.13 bits per heavy atom. The van der Waals surface area contributed by atoms with Gasteiger partial charge in [-0.05, 0) is 40.8 Å². The number of amides is 1. The second-order valence-corrected chi connectivity index (χ2v) is 9.46. The van der Waals surface area contributed by atoms with Gasteiger partial charge in [-0.25, -0.2) is 4.68 Å². The van der Waals surface area contributed by atoms with Gasteiger partial charge in [0, 0.05) is 25.4 Å². The number of aromatic nitrogens is 3. The first-order valence-electron chi connectivity index (χ1n) is 10.0. The molecule has 2 aromatic carbocycles. The summed E-state index contributed by atoms with van der Waals surface area (Å²) in [6.45, 7) is 6.76. The van der Waals surface area contributed by atoms with E-state index in [9.17, 15) is 4.79 Å². The number of thioether (sulfide) groups is 1. The molecule has 0 saturated carbocycles. The topological polar surface area (TPSA) is 86.3 Å². The summed E-state index contributed by atoms with van der Waals surface area (Å²) >= 11 is 1.46. The number of hydrogen-bond donors (Lipinski definition) is 1. The lowest BCUT2D eigenvalue weighted by Crippen LogP contribution is -2.21. The maximum atomic E-state index is 12.1. The molecule has 0 atom stereocenters. The van der Waals surface area contributed by atoms with Crippen LogP contribution in [0.15, 0.2) is 53.7 Å². The molecule has 7 nitrogen and oxygen atoms in total. The number of carbonyl (C=O) groups is 1. The van der Waals surface area contributed by atoms with Crippen molar-refractivity contribution < 1.29 is 9.53 Å². The van der Waals surface area contributed by atoms with Crippen LogP contribution in [0, 0.1) is 0 Å². The van der Waals surface area contributed by atoms with Crippen LogP contribution < -0.4 is 10.6 Å². The Balaban J connectivity index is 1.59. The summed E-state index contributed by atoms with van der Waals surface area (Å²) in [7, 11) is 3.48. The molecule has 0 spiro atoms. The van der Waals surface area contributed by atoms with E-state index in [1.807, 2.05) is 36.4 Å². The van der Waals surface area contributed by atoms with Crippen molar-refractivity contribution in [2.45, 2.75) is 43.7 Å². The van der Waals surface area contributed by atoms with Crippen LogP contribution in [0.4, 0.5) is 0 Å². The van der Waals surface area contributed by atoms with Crippen LogP contribution in [0.3, 0.4) is 0 Å². The Bertz CT molecular complexity index is 1040. The normalized spacial score (nSPS) is 11.4. The van der Waals surface area contributed by atoms with Gasteiger partial charge in [-0.1, -0.05) is 56.8 Å². The van der Waals surface area contributed by atoms with E-state index >= 15 is 0 Å². The molecule has 0 radical (unpaired) electrons. The molecule has 2 N–H and O–H groups in total. The monoisotopic (exact) mass is 439 g/mol. The van der Waals surface area contributed by atoms with Gasteiger partial charge in [0.05, 0.1) is 0 Å². The lowest BCUT2D eigenvalue weighted by molar-refractivity contribution is 0.0827. The van der Waals surface area contributed by atoms with Crippen LogP contribution in [0.25, 0.3) is 0 Å². The first kappa shape index (κ1) is 22.7. The summed E-state index contributed by atoms with van der Waals surface area (Å²) < 4.78 is 7.27. The molecule has 0 aliphatic carbocycles. The lowest BCUT2D eigenvalue weighted by Gasteiger charge is -2.19. The molecular formula is C23H29N5O2S. The summed E-state index contributed by atoms with van der Waals surface area (Å²) in [5.74, 6) is 8.06. The second-order valence-electron chi connectivity index (χ2n) is 8.52. The highest BCUT2D eigenvalue weighted by Crippen LogP contribution is 2.25. The molecule has 0 aliphatic rings. The molecule has 1 heterocycles. The van der Waals surface area contributed by atoms with E-state index in [1.54, 1.807) is 19.0 Å². The number of benzene rings is 2. The highest BCUT2D eigenvalue weighted by Gasteiger charge is 2.15. The van der Waals surface area contributed by atoms with Crippen molar-refractivity contribution in [2.75, 3.05) is 19.9 Å². The standard InChI is InChI=1S/C23H29N5O2S/c1-23(2,3)18-9-11-19(12-10-18)30-14-20-25-26-22(28(20)24)31-15-16-7-6-8-17(13-16)21(29)27(4)5/h6-13H,14-15,24H2,1-5H3. The molecule has 0 unspecified atom stereocenters. The zero-order valence-electron chi connectivity index (χ0n) is 18.6. The first-order chi connectivity index (χ1) is 14.6. The maximum Gasteiger partial charge on any atom is 0.253 e. The van der Waals surface area contributed by atoms with Gasteiger partial charge in [-0.15, -0.1) is 10.2 Å². The average molecular weight is 440 g/mol. The van der Waals surface area contributed by atoms with E-state index in [4.69, 9.17) is 10.6 Å². The molecule has 1 amide bonds. The number of nitrogens with two attached hydrogens (primary N) is 1.